The molecule has 0 saturated carbocycles. The molecule has 21 heavy (non-hydrogen) atoms. The molecule has 0 bridgehead atoms. The number of carbonyl (C=O) groups excluding carboxylic acids is 1. The van der Waals surface area contributed by atoms with E-state index in [4.69, 9.17) is 4.74 Å². The van der Waals surface area contributed by atoms with E-state index in [1.54, 1.807) is 31.5 Å². The molecule has 108 valence electrons. The molecule has 0 saturated heterocycles. The van der Waals surface area contributed by atoms with Gasteiger partial charge >= 0.3 is 0 Å². The molecule has 2 aromatic rings. The molecule has 0 aliphatic rings. The molecule has 0 aliphatic heterocycles. The fourth-order valence-electron chi connectivity index (χ4n) is 1.80. The molecular formula is C17H18N2O2. The Hall–Kier alpha value is -2.62. The number of hydrogen-bond acceptors (Lipinski definition) is 3. The summed E-state index contributed by atoms with van der Waals surface area (Å²) in [6.45, 7) is 2.11. The van der Waals surface area contributed by atoms with Crippen LogP contribution in [-0.2, 0) is 11.2 Å². The van der Waals surface area contributed by atoms with Gasteiger partial charge in [0, 0.05) is 12.1 Å². The fraction of sp³-hybridized carbons (Fsp3) is 0.176. The first-order valence-electron chi connectivity index (χ1n) is 6.79. The summed E-state index contributed by atoms with van der Waals surface area (Å²) in [5.74, 6) is 0.320. The summed E-state index contributed by atoms with van der Waals surface area (Å²) < 4.78 is 4.96. The predicted octanol–water partition coefficient (Wildman–Crippen LogP) is 3.30. The summed E-state index contributed by atoms with van der Waals surface area (Å²) in [6.07, 6.45) is 5.85. The number of anilines is 1. The number of rotatable bonds is 5. The van der Waals surface area contributed by atoms with Crippen LogP contribution in [0.5, 0.6) is 5.88 Å². The van der Waals surface area contributed by atoms with Gasteiger partial charge < -0.3 is 10.1 Å². The number of aromatic nitrogens is 1. The molecule has 0 radical (unpaired) electrons. The number of pyridine rings is 1. The molecule has 2 rings (SSSR count). The second kappa shape index (κ2) is 7.24. The van der Waals surface area contributed by atoms with Crippen LogP contribution in [-0.4, -0.2) is 18.0 Å². The Labute approximate surface area is 124 Å². The molecule has 1 heterocycles. The summed E-state index contributed by atoms with van der Waals surface area (Å²) >= 11 is 0. The molecule has 1 aromatic carbocycles. The average molecular weight is 282 g/mol. The average Bonchev–Trinajstić information content (AvgIpc) is 2.54. The Morgan fingerprint density at radius 1 is 1.24 bits per heavy atom. The van der Waals surface area contributed by atoms with Crippen molar-refractivity contribution in [1.82, 2.24) is 4.98 Å². The van der Waals surface area contributed by atoms with Crippen LogP contribution in [0.4, 0.5) is 5.69 Å². The number of carbonyl (C=O) groups is 1. The van der Waals surface area contributed by atoms with Gasteiger partial charge in [-0.05, 0) is 29.7 Å². The third-order valence-electron chi connectivity index (χ3n) is 3.03. The van der Waals surface area contributed by atoms with Gasteiger partial charge in [0.15, 0.2) is 0 Å². The highest BCUT2D eigenvalue weighted by Crippen LogP contribution is 2.11. The van der Waals surface area contributed by atoms with Crippen LogP contribution in [0.3, 0.4) is 0 Å². The number of ether oxygens (including phenoxy) is 1. The van der Waals surface area contributed by atoms with Crippen LogP contribution >= 0.6 is 0 Å². The second-order valence-corrected chi connectivity index (χ2v) is 4.51. The number of nitrogens with zero attached hydrogens (tertiary/aromatic N) is 1. The van der Waals surface area contributed by atoms with Crippen molar-refractivity contribution in [2.45, 2.75) is 13.3 Å². The molecule has 1 amide bonds. The molecule has 0 aliphatic carbocycles. The zero-order chi connectivity index (χ0) is 15.1. The van der Waals surface area contributed by atoms with E-state index in [1.165, 1.54) is 11.6 Å². The normalized spacial score (nSPS) is 10.6. The molecule has 0 atom stereocenters. The molecule has 4 nitrogen and oxygen atoms in total. The quantitative estimate of drug-likeness (QED) is 0.856. The molecule has 1 N–H and O–H groups in total. The Morgan fingerprint density at radius 3 is 2.57 bits per heavy atom. The van der Waals surface area contributed by atoms with Gasteiger partial charge in [0.1, 0.15) is 0 Å². The number of hydrogen-bond donors (Lipinski definition) is 1. The Kier molecular flexibility index (Phi) is 5.10. The van der Waals surface area contributed by atoms with Gasteiger partial charge in [-0.3, -0.25) is 4.79 Å². The maximum absolute atomic E-state index is 11.8. The third-order valence-corrected chi connectivity index (χ3v) is 3.03. The van der Waals surface area contributed by atoms with Crippen molar-refractivity contribution in [3.8, 4) is 5.88 Å². The summed E-state index contributed by atoms with van der Waals surface area (Å²) in [4.78, 5) is 15.8. The highest BCUT2D eigenvalue weighted by atomic mass is 16.5. The first-order valence-corrected chi connectivity index (χ1v) is 6.79. The van der Waals surface area contributed by atoms with Gasteiger partial charge in [-0.1, -0.05) is 31.2 Å². The van der Waals surface area contributed by atoms with E-state index in [0.29, 0.717) is 11.6 Å². The van der Waals surface area contributed by atoms with Gasteiger partial charge in [0.25, 0.3) is 0 Å². The minimum absolute atomic E-state index is 0.193. The minimum Gasteiger partial charge on any atom is -0.481 e. The number of benzene rings is 1. The molecule has 0 unspecified atom stereocenters. The lowest BCUT2D eigenvalue weighted by atomic mass is 10.1. The molecule has 0 spiro atoms. The van der Waals surface area contributed by atoms with E-state index in [9.17, 15) is 4.79 Å². The minimum atomic E-state index is -0.193. The van der Waals surface area contributed by atoms with Crippen LogP contribution < -0.4 is 10.1 Å². The van der Waals surface area contributed by atoms with Crippen molar-refractivity contribution in [2.75, 3.05) is 12.4 Å². The van der Waals surface area contributed by atoms with Crippen LogP contribution in [0.25, 0.3) is 6.08 Å². The van der Waals surface area contributed by atoms with Crippen molar-refractivity contribution in [1.29, 1.82) is 0 Å². The van der Waals surface area contributed by atoms with E-state index < -0.39 is 0 Å². The first kappa shape index (κ1) is 14.8. The van der Waals surface area contributed by atoms with Gasteiger partial charge in [-0.2, -0.15) is 0 Å². The van der Waals surface area contributed by atoms with Gasteiger partial charge in [-0.25, -0.2) is 4.98 Å². The van der Waals surface area contributed by atoms with E-state index in [1.807, 2.05) is 12.1 Å². The highest BCUT2D eigenvalue weighted by Gasteiger charge is 1.99. The fourth-order valence-corrected chi connectivity index (χ4v) is 1.80. The lowest BCUT2D eigenvalue weighted by Crippen LogP contribution is -2.07. The van der Waals surface area contributed by atoms with E-state index in [0.717, 1.165) is 12.0 Å². The number of aryl methyl sites for hydroxylation is 1. The zero-order valence-electron chi connectivity index (χ0n) is 12.2. The summed E-state index contributed by atoms with van der Waals surface area (Å²) in [5.41, 5.74) is 2.91. The Bertz CT molecular complexity index is 616. The molecule has 0 fully saturated rings. The maximum atomic E-state index is 11.8. The monoisotopic (exact) mass is 282 g/mol. The Balaban J connectivity index is 1.94. The lowest BCUT2D eigenvalue weighted by Gasteiger charge is -2.03. The lowest BCUT2D eigenvalue weighted by molar-refractivity contribution is -0.111. The largest absolute Gasteiger partial charge is 0.481 e. The van der Waals surface area contributed by atoms with Crippen molar-refractivity contribution in [2.24, 2.45) is 0 Å². The number of methoxy groups -OCH3 is 1. The molecular weight excluding hydrogens is 264 g/mol. The third kappa shape index (κ3) is 4.45. The van der Waals surface area contributed by atoms with Gasteiger partial charge in [-0.15, -0.1) is 0 Å². The molecule has 4 heteroatoms. The SMILES string of the molecule is CCc1ccc(/C=C/C(=O)Nc2ccc(OC)nc2)cc1. The van der Waals surface area contributed by atoms with Crippen molar-refractivity contribution in [3.63, 3.8) is 0 Å². The van der Waals surface area contributed by atoms with Crippen molar-refractivity contribution < 1.29 is 9.53 Å². The highest BCUT2D eigenvalue weighted by molar-refractivity contribution is 6.01. The number of nitrogens with one attached hydrogen (secondary N) is 1. The van der Waals surface area contributed by atoms with Crippen LogP contribution in [0.2, 0.25) is 0 Å². The van der Waals surface area contributed by atoms with Crippen molar-refractivity contribution >= 4 is 17.7 Å². The van der Waals surface area contributed by atoms with Crippen LogP contribution in [0.15, 0.2) is 48.7 Å². The van der Waals surface area contributed by atoms with E-state index >= 15 is 0 Å². The topological polar surface area (TPSA) is 51.2 Å². The number of amides is 1. The second-order valence-electron chi connectivity index (χ2n) is 4.51. The first-order chi connectivity index (χ1) is 10.2. The van der Waals surface area contributed by atoms with Crippen LogP contribution in [0, 0.1) is 0 Å². The predicted molar refractivity (Wildman–Crippen MR) is 84.3 cm³/mol. The van der Waals surface area contributed by atoms with E-state index in [-0.39, 0.29) is 5.91 Å². The smallest absolute Gasteiger partial charge is 0.248 e. The van der Waals surface area contributed by atoms with Gasteiger partial charge in [0.05, 0.1) is 19.0 Å². The Morgan fingerprint density at radius 2 is 2.00 bits per heavy atom. The van der Waals surface area contributed by atoms with Gasteiger partial charge in [0.2, 0.25) is 11.8 Å². The van der Waals surface area contributed by atoms with Crippen LogP contribution in [0.1, 0.15) is 18.1 Å². The standard InChI is InChI=1S/C17H18N2O2/c1-3-13-4-6-14(7-5-13)8-10-16(20)19-15-9-11-17(21-2)18-12-15/h4-12H,3H2,1-2H3,(H,19,20)/b10-8+. The molecule has 1 aromatic heterocycles. The zero-order valence-corrected chi connectivity index (χ0v) is 12.2. The summed E-state index contributed by atoms with van der Waals surface area (Å²) in [5, 5.41) is 2.74. The van der Waals surface area contributed by atoms with E-state index in [2.05, 4.69) is 29.4 Å². The maximum Gasteiger partial charge on any atom is 0.248 e. The van der Waals surface area contributed by atoms with Crippen molar-refractivity contribution in [3.05, 3.63) is 59.8 Å². The summed E-state index contributed by atoms with van der Waals surface area (Å²) in [6, 6.07) is 11.6. The summed E-state index contributed by atoms with van der Waals surface area (Å²) in [7, 11) is 1.55.